The topological polar surface area (TPSA) is 54.9 Å². The van der Waals surface area contributed by atoms with E-state index in [0.29, 0.717) is 22.1 Å². The van der Waals surface area contributed by atoms with Gasteiger partial charge in [-0.3, -0.25) is 10.1 Å². The molecule has 0 aliphatic heterocycles. The van der Waals surface area contributed by atoms with E-state index in [9.17, 15) is 4.79 Å². The van der Waals surface area contributed by atoms with Gasteiger partial charge in [0, 0.05) is 15.0 Å². The van der Waals surface area contributed by atoms with Crippen LogP contribution < -0.4 is 5.32 Å². The van der Waals surface area contributed by atoms with Crippen molar-refractivity contribution in [2.75, 3.05) is 5.32 Å². The first kappa shape index (κ1) is 16.4. The number of rotatable bonds is 4. The zero-order valence-corrected chi connectivity index (χ0v) is 15.5. The summed E-state index contributed by atoms with van der Waals surface area (Å²) >= 11 is 9.38. The molecule has 1 amide bonds. The van der Waals surface area contributed by atoms with E-state index >= 15 is 0 Å². The normalized spacial score (nSPS) is 10.5. The number of aromatic nitrogens is 2. The monoisotopic (exact) mass is 455 g/mol. The Hall–Kier alpha value is -1.51. The summed E-state index contributed by atoms with van der Waals surface area (Å²) < 4.78 is 0.897. The Labute approximate surface area is 156 Å². The van der Waals surface area contributed by atoms with Crippen LogP contribution in [-0.2, 0) is 6.42 Å². The molecule has 7 heteroatoms. The number of anilines is 1. The lowest BCUT2D eigenvalue weighted by Crippen LogP contribution is -2.13. The molecule has 1 aromatic heterocycles. The van der Waals surface area contributed by atoms with Gasteiger partial charge >= 0.3 is 0 Å². The van der Waals surface area contributed by atoms with E-state index in [1.165, 1.54) is 11.3 Å². The van der Waals surface area contributed by atoms with Crippen LogP contribution in [0.3, 0.4) is 0 Å². The summed E-state index contributed by atoms with van der Waals surface area (Å²) in [6.45, 7) is 0. The molecule has 0 aliphatic rings. The van der Waals surface area contributed by atoms with Gasteiger partial charge in [-0.1, -0.05) is 47.2 Å². The highest BCUT2D eigenvalue weighted by molar-refractivity contribution is 14.1. The van der Waals surface area contributed by atoms with E-state index in [1.807, 2.05) is 42.5 Å². The Balaban J connectivity index is 1.69. The number of hydrogen-bond acceptors (Lipinski definition) is 4. The van der Waals surface area contributed by atoms with Crippen LogP contribution in [0.15, 0.2) is 48.5 Å². The standard InChI is InChI=1S/C16H11ClIN3OS/c17-11-7-5-10(6-8-11)9-14-20-21-16(23-14)19-15(22)12-3-1-2-4-13(12)18/h1-8H,9H2,(H,19,21,22). The summed E-state index contributed by atoms with van der Waals surface area (Å²) in [6.07, 6.45) is 0.660. The minimum absolute atomic E-state index is 0.177. The molecule has 0 fully saturated rings. The third kappa shape index (κ3) is 4.27. The van der Waals surface area contributed by atoms with Crippen LogP contribution in [0.2, 0.25) is 5.02 Å². The molecule has 0 saturated carbocycles. The fraction of sp³-hybridized carbons (Fsp3) is 0.0625. The Morgan fingerprint density at radius 3 is 2.61 bits per heavy atom. The summed E-state index contributed by atoms with van der Waals surface area (Å²) in [4.78, 5) is 12.2. The second-order valence-corrected chi connectivity index (χ2v) is 7.40. The van der Waals surface area contributed by atoms with Gasteiger partial charge in [-0.15, -0.1) is 10.2 Å². The second-order valence-electron chi connectivity index (χ2n) is 4.74. The number of halogens is 2. The minimum atomic E-state index is -0.177. The largest absolute Gasteiger partial charge is 0.296 e. The fourth-order valence-corrected chi connectivity index (χ4v) is 3.49. The first-order valence-corrected chi connectivity index (χ1v) is 9.02. The molecular formula is C16H11ClIN3OS. The van der Waals surface area contributed by atoms with E-state index in [4.69, 9.17) is 11.6 Å². The highest BCUT2D eigenvalue weighted by Crippen LogP contribution is 2.21. The van der Waals surface area contributed by atoms with Gasteiger partial charge in [0.05, 0.1) is 5.56 Å². The number of amides is 1. The fourth-order valence-electron chi connectivity index (χ4n) is 1.96. The van der Waals surface area contributed by atoms with Crippen molar-refractivity contribution in [2.45, 2.75) is 6.42 Å². The summed E-state index contributed by atoms with van der Waals surface area (Å²) in [6, 6.07) is 15.0. The van der Waals surface area contributed by atoms with Gasteiger partial charge in [0.25, 0.3) is 5.91 Å². The first-order valence-electron chi connectivity index (χ1n) is 6.74. The lowest BCUT2D eigenvalue weighted by Gasteiger charge is -2.02. The third-order valence-electron chi connectivity index (χ3n) is 3.07. The van der Waals surface area contributed by atoms with Crippen molar-refractivity contribution >= 4 is 56.6 Å². The number of carbonyl (C=O) groups excluding carboxylic acids is 1. The molecule has 1 N–H and O–H groups in total. The van der Waals surface area contributed by atoms with Gasteiger partial charge in [0.2, 0.25) is 5.13 Å². The summed E-state index contributed by atoms with van der Waals surface area (Å²) in [5.41, 5.74) is 1.73. The van der Waals surface area contributed by atoms with Gasteiger partial charge in [-0.2, -0.15) is 0 Å². The van der Waals surface area contributed by atoms with Crippen molar-refractivity contribution in [3.05, 3.63) is 73.3 Å². The minimum Gasteiger partial charge on any atom is -0.296 e. The molecular weight excluding hydrogens is 445 g/mol. The summed E-state index contributed by atoms with van der Waals surface area (Å²) in [5, 5.41) is 13.0. The molecule has 0 aliphatic carbocycles. The van der Waals surface area contributed by atoms with Crippen LogP contribution in [0.5, 0.6) is 0 Å². The lowest BCUT2D eigenvalue weighted by atomic mass is 10.2. The zero-order valence-electron chi connectivity index (χ0n) is 11.8. The highest BCUT2D eigenvalue weighted by atomic mass is 127. The van der Waals surface area contributed by atoms with Crippen LogP contribution in [0.1, 0.15) is 20.9 Å². The maximum Gasteiger partial charge on any atom is 0.258 e. The predicted octanol–water partition coefficient (Wildman–Crippen LogP) is 4.64. The molecule has 0 radical (unpaired) electrons. The third-order valence-corrected chi connectivity index (χ3v) is 5.11. The van der Waals surface area contributed by atoms with Gasteiger partial charge in [0.1, 0.15) is 5.01 Å². The SMILES string of the molecule is O=C(Nc1nnc(Cc2ccc(Cl)cc2)s1)c1ccccc1I. The number of carbonyl (C=O) groups is 1. The number of nitrogens with one attached hydrogen (secondary N) is 1. The van der Waals surface area contributed by atoms with E-state index in [2.05, 4.69) is 38.1 Å². The Bertz CT molecular complexity index is 835. The van der Waals surface area contributed by atoms with Crippen LogP contribution in [-0.4, -0.2) is 16.1 Å². The lowest BCUT2D eigenvalue weighted by molar-refractivity contribution is 0.102. The maximum atomic E-state index is 12.2. The summed E-state index contributed by atoms with van der Waals surface area (Å²) in [5.74, 6) is -0.177. The van der Waals surface area contributed by atoms with E-state index < -0.39 is 0 Å². The number of nitrogens with zero attached hydrogens (tertiary/aromatic N) is 2. The molecule has 4 nitrogen and oxygen atoms in total. The van der Waals surface area contributed by atoms with Crippen molar-refractivity contribution < 1.29 is 4.79 Å². The molecule has 23 heavy (non-hydrogen) atoms. The summed E-state index contributed by atoms with van der Waals surface area (Å²) in [7, 11) is 0. The van der Waals surface area contributed by atoms with E-state index in [0.717, 1.165) is 14.1 Å². The zero-order chi connectivity index (χ0) is 16.2. The molecule has 3 aromatic rings. The first-order chi connectivity index (χ1) is 11.1. The smallest absolute Gasteiger partial charge is 0.258 e. The molecule has 116 valence electrons. The van der Waals surface area contributed by atoms with Crippen LogP contribution >= 0.6 is 45.5 Å². The molecule has 0 atom stereocenters. The van der Waals surface area contributed by atoms with E-state index in [-0.39, 0.29) is 5.91 Å². The van der Waals surface area contributed by atoms with Gasteiger partial charge in [-0.25, -0.2) is 0 Å². The average Bonchev–Trinajstić information content (AvgIpc) is 2.97. The average molecular weight is 456 g/mol. The number of benzene rings is 2. The van der Waals surface area contributed by atoms with Gasteiger partial charge < -0.3 is 0 Å². The second kappa shape index (κ2) is 7.37. The molecule has 0 spiro atoms. The Morgan fingerprint density at radius 1 is 1.13 bits per heavy atom. The Morgan fingerprint density at radius 2 is 1.87 bits per heavy atom. The van der Waals surface area contributed by atoms with E-state index in [1.54, 1.807) is 6.07 Å². The van der Waals surface area contributed by atoms with Crippen LogP contribution in [0.25, 0.3) is 0 Å². The van der Waals surface area contributed by atoms with Crippen molar-refractivity contribution in [1.29, 1.82) is 0 Å². The van der Waals surface area contributed by atoms with Gasteiger partial charge in [0.15, 0.2) is 0 Å². The molecule has 0 bridgehead atoms. The Kier molecular flexibility index (Phi) is 5.24. The van der Waals surface area contributed by atoms with Crippen LogP contribution in [0, 0.1) is 3.57 Å². The molecule has 2 aromatic carbocycles. The predicted molar refractivity (Wildman–Crippen MR) is 101 cm³/mol. The maximum absolute atomic E-state index is 12.2. The molecule has 3 rings (SSSR count). The van der Waals surface area contributed by atoms with Crippen molar-refractivity contribution in [1.82, 2.24) is 10.2 Å². The molecule has 0 saturated heterocycles. The van der Waals surface area contributed by atoms with Crippen molar-refractivity contribution in [3.63, 3.8) is 0 Å². The highest BCUT2D eigenvalue weighted by Gasteiger charge is 2.12. The molecule has 1 heterocycles. The van der Waals surface area contributed by atoms with Crippen molar-refractivity contribution in [2.24, 2.45) is 0 Å². The van der Waals surface area contributed by atoms with Gasteiger partial charge in [-0.05, 0) is 52.4 Å². The molecule has 0 unspecified atom stereocenters. The quantitative estimate of drug-likeness (QED) is 0.583. The van der Waals surface area contributed by atoms with Crippen molar-refractivity contribution in [3.8, 4) is 0 Å². The number of hydrogen-bond donors (Lipinski definition) is 1. The van der Waals surface area contributed by atoms with Crippen LogP contribution in [0.4, 0.5) is 5.13 Å².